The number of nitrogens with one attached hydrogen (secondary N) is 2. The topological polar surface area (TPSA) is 49.6 Å². The van der Waals surface area contributed by atoms with Crippen LogP contribution in [0.25, 0.3) is 75.5 Å². The molecule has 4 nitrogen and oxygen atoms in total. The van der Waals surface area contributed by atoms with Crippen LogP contribution in [0.1, 0.15) is 29.0 Å². The molecule has 1 aliphatic rings. The van der Waals surface area contributed by atoms with E-state index >= 15 is 0 Å². The molecule has 0 saturated heterocycles. The number of hydrogen-bond donors (Lipinski definition) is 2. The molecule has 8 aromatic carbocycles. The molecule has 0 bridgehead atoms. The van der Waals surface area contributed by atoms with Crippen LogP contribution in [-0.4, -0.2) is 5.84 Å². The molecule has 3 heterocycles. The van der Waals surface area contributed by atoms with E-state index in [1.807, 2.05) is 17.4 Å². The highest BCUT2D eigenvalue weighted by molar-refractivity contribution is 7.26. The molecule has 2 atom stereocenters. The van der Waals surface area contributed by atoms with Gasteiger partial charge in [0.1, 0.15) is 29.3 Å². The van der Waals surface area contributed by atoms with Crippen LogP contribution in [0.3, 0.4) is 0 Å². The van der Waals surface area contributed by atoms with Crippen molar-refractivity contribution < 1.29 is 4.42 Å². The summed E-state index contributed by atoms with van der Waals surface area (Å²) in [5, 5.41) is 12.5. The second kappa shape index (κ2) is 13.5. The number of rotatable bonds is 6. The first-order valence-corrected chi connectivity index (χ1v) is 19.8. The fourth-order valence-electron chi connectivity index (χ4n) is 8.23. The first-order valence-electron chi connectivity index (χ1n) is 19.0. The number of nitrogens with zero attached hydrogens (tertiary/aromatic N) is 1. The predicted octanol–water partition coefficient (Wildman–Crippen LogP) is 13.3. The van der Waals surface area contributed by atoms with Gasteiger partial charge in [0, 0.05) is 47.6 Å². The van der Waals surface area contributed by atoms with Crippen molar-refractivity contribution >= 4 is 59.3 Å². The molecular weight excluding hydrogens is 703 g/mol. The minimum absolute atomic E-state index is 0.221. The Kier molecular flexibility index (Phi) is 7.87. The van der Waals surface area contributed by atoms with Gasteiger partial charge in [0.25, 0.3) is 0 Å². The lowest BCUT2D eigenvalue weighted by molar-refractivity contribution is 0.411. The summed E-state index contributed by atoms with van der Waals surface area (Å²) in [4.78, 5) is 5.47. The van der Waals surface area contributed by atoms with Crippen LogP contribution in [0.2, 0.25) is 0 Å². The highest BCUT2D eigenvalue weighted by Crippen LogP contribution is 2.41. The van der Waals surface area contributed by atoms with Gasteiger partial charge in [-0.3, -0.25) is 5.32 Å². The molecule has 10 aromatic rings. The van der Waals surface area contributed by atoms with Gasteiger partial charge in [-0.2, -0.15) is 0 Å². The molecule has 1 aliphatic heterocycles. The third-order valence-corrected chi connectivity index (χ3v) is 12.2. The van der Waals surface area contributed by atoms with Crippen LogP contribution in [0.4, 0.5) is 0 Å². The Bertz CT molecular complexity index is 3040. The van der Waals surface area contributed by atoms with E-state index in [0.29, 0.717) is 0 Å². The quantitative estimate of drug-likeness (QED) is 0.179. The van der Waals surface area contributed by atoms with Gasteiger partial charge in [-0.1, -0.05) is 152 Å². The zero-order valence-electron chi connectivity index (χ0n) is 30.3. The molecule has 2 aromatic heterocycles. The summed E-state index contributed by atoms with van der Waals surface area (Å²) >= 11 is 1.84. The smallest absolute Gasteiger partial charge is 0.143 e. The van der Waals surface area contributed by atoms with Gasteiger partial charge in [-0.15, -0.1) is 11.3 Å². The van der Waals surface area contributed by atoms with Crippen LogP contribution in [0.15, 0.2) is 197 Å². The number of thiophene rings is 1. The fourth-order valence-corrected chi connectivity index (χ4v) is 9.47. The van der Waals surface area contributed by atoms with E-state index in [1.54, 1.807) is 0 Å². The molecule has 5 heteroatoms. The summed E-state index contributed by atoms with van der Waals surface area (Å²) in [7, 11) is 0. The number of para-hydroxylation sites is 1. The number of hydrogen-bond acceptors (Lipinski definition) is 5. The van der Waals surface area contributed by atoms with Gasteiger partial charge in [-0.25, -0.2) is 4.99 Å². The minimum Gasteiger partial charge on any atom is -0.455 e. The highest BCUT2D eigenvalue weighted by atomic mass is 32.1. The maximum atomic E-state index is 6.72. The average molecular weight is 738 g/mol. The van der Waals surface area contributed by atoms with E-state index in [2.05, 4.69) is 193 Å². The summed E-state index contributed by atoms with van der Waals surface area (Å²) in [5.41, 5.74) is 11.8. The summed E-state index contributed by atoms with van der Waals surface area (Å²) in [6.45, 7) is 0. The normalized spacial score (nSPS) is 15.7. The van der Waals surface area contributed by atoms with E-state index in [-0.39, 0.29) is 12.3 Å². The Balaban J connectivity index is 1.08. The summed E-state index contributed by atoms with van der Waals surface area (Å²) in [6.07, 6.45) is -0.566. The maximum absolute atomic E-state index is 6.72. The lowest BCUT2D eigenvalue weighted by atomic mass is 9.94. The Hall–Kier alpha value is -6.79. The zero-order chi connectivity index (χ0) is 37.0. The van der Waals surface area contributed by atoms with Crippen LogP contribution >= 0.6 is 11.3 Å². The second-order valence-electron chi connectivity index (χ2n) is 14.4. The van der Waals surface area contributed by atoms with E-state index < -0.39 is 0 Å². The summed E-state index contributed by atoms with van der Waals surface area (Å²) in [6, 6.07) is 66.8. The van der Waals surface area contributed by atoms with Crippen molar-refractivity contribution in [1.29, 1.82) is 0 Å². The Labute approximate surface area is 328 Å². The monoisotopic (exact) mass is 737 g/mol. The van der Waals surface area contributed by atoms with Crippen molar-refractivity contribution in [3.05, 3.63) is 205 Å². The van der Waals surface area contributed by atoms with Crippen LogP contribution in [0.5, 0.6) is 0 Å². The maximum Gasteiger partial charge on any atom is 0.143 e. The van der Waals surface area contributed by atoms with Crippen molar-refractivity contribution in [2.24, 2.45) is 4.99 Å². The van der Waals surface area contributed by atoms with Crippen molar-refractivity contribution in [3.8, 4) is 33.4 Å². The number of furan rings is 1. The molecule has 0 saturated carbocycles. The Morgan fingerprint density at radius 1 is 0.482 bits per heavy atom. The molecule has 11 rings (SSSR count). The molecule has 2 N–H and O–H groups in total. The van der Waals surface area contributed by atoms with E-state index in [9.17, 15) is 0 Å². The first-order chi connectivity index (χ1) is 27.7. The molecule has 0 amide bonds. The molecule has 0 spiro atoms. The lowest BCUT2D eigenvalue weighted by Crippen LogP contribution is -2.45. The molecule has 56 heavy (non-hydrogen) atoms. The van der Waals surface area contributed by atoms with Crippen molar-refractivity contribution in [2.45, 2.75) is 12.3 Å². The van der Waals surface area contributed by atoms with Crippen molar-refractivity contribution in [3.63, 3.8) is 0 Å². The van der Waals surface area contributed by atoms with Crippen molar-refractivity contribution in [2.75, 3.05) is 0 Å². The van der Waals surface area contributed by atoms with Gasteiger partial charge >= 0.3 is 0 Å². The SMILES string of the molecule is c1ccc(-c2cc(-c3ccccc3)cc(C3N=C(c4ccc5c(c4)oc4c(-c6ccccc6)cccc45)NC(c4cccc5c4sc4ccccc45)N3)c2)cc1. The predicted molar refractivity (Wildman–Crippen MR) is 234 cm³/mol. The second-order valence-corrected chi connectivity index (χ2v) is 15.4. The molecule has 0 fully saturated rings. The van der Waals surface area contributed by atoms with E-state index in [1.165, 1.54) is 36.9 Å². The number of fused-ring (bicyclic) bond motifs is 6. The van der Waals surface area contributed by atoms with E-state index in [0.717, 1.165) is 61.2 Å². The Morgan fingerprint density at radius 2 is 1.12 bits per heavy atom. The largest absolute Gasteiger partial charge is 0.455 e. The third kappa shape index (κ3) is 5.68. The van der Waals surface area contributed by atoms with Crippen LogP contribution in [-0.2, 0) is 0 Å². The lowest BCUT2D eigenvalue weighted by Gasteiger charge is -2.33. The molecule has 0 radical (unpaired) electrons. The zero-order valence-corrected chi connectivity index (χ0v) is 31.1. The number of aliphatic imine (C=N–C) groups is 1. The molecular formula is C51H35N3OS. The average Bonchev–Trinajstić information content (AvgIpc) is 3.85. The molecule has 2 unspecified atom stereocenters. The van der Waals surface area contributed by atoms with E-state index in [4.69, 9.17) is 9.41 Å². The molecule has 0 aliphatic carbocycles. The van der Waals surface area contributed by atoms with Crippen LogP contribution < -0.4 is 10.6 Å². The fraction of sp³-hybridized carbons (Fsp3) is 0.0392. The van der Waals surface area contributed by atoms with Gasteiger partial charge in [0.2, 0.25) is 0 Å². The number of benzene rings is 8. The standard InChI is InChI=1S/C51H35N3OS/c1-4-14-32(15-5-1)36-28-37(33-16-6-2-7-17-33)30-38(29-36)50-52-49(53-51(54-50)44-24-13-23-43-41-20-10-11-25-46(41)56-48(43)44)35-26-27-40-42-22-12-21-39(34-18-8-3-9-19-34)47(42)55-45(40)31-35/h1-31,50-51,54H,(H,52,53). The summed E-state index contributed by atoms with van der Waals surface area (Å²) < 4.78 is 9.26. The summed E-state index contributed by atoms with van der Waals surface area (Å²) in [5.74, 6) is 0.814. The van der Waals surface area contributed by atoms with Crippen LogP contribution in [0, 0.1) is 0 Å². The first kappa shape index (κ1) is 32.6. The third-order valence-electron chi connectivity index (χ3n) is 11.0. The van der Waals surface area contributed by atoms with Crippen molar-refractivity contribution in [1.82, 2.24) is 10.6 Å². The Morgan fingerprint density at radius 3 is 1.88 bits per heavy atom. The van der Waals surface area contributed by atoms with Gasteiger partial charge in [0.05, 0.1) is 0 Å². The minimum atomic E-state index is -0.344. The van der Waals surface area contributed by atoms with Gasteiger partial charge in [0.15, 0.2) is 0 Å². The van der Waals surface area contributed by atoms with Gasteiger partial charge < -0.3 is 9.73 Å². The number of amidine groups is 1. The molecule has 266 valence electrons. The highest BCUT2D eigenvalue weighted by Gasteiger charge is 2.28. The van der Waals surface area contributed by atoms with Gasteiger partial charge in [-0.05, 0) is 69.8 Å².